The lowest BCUT2D eigenvalue weighted by molar-refractivity contribution is -0.182. The maximum absolute atomic E-state index is 12.9. The number of aromatic nitrogens is 1. The fourth-order valence-corrected chi connectivity index (χ4v) is 6.68. The van der Waals surface area contributed by atoms with Gasteiger partial charge in [-0.1, -0.05) is 0 Å². The third kappa shape index (κ3) is 3.50. The Morgan fingerprint density at radius 3 is 2.77 bits per heavy atom. The number of nitrogens with one attached hydrogen (secondary N) is 1. The summed E-state index contributed by atoms with van der Waals surface area (Å²) in [5.74, 6) is 1.51. The van der Waals surface area contributed by atoms with Gasteiger partial charge in [0.2, 0.25) is 0 Å². The molecule has 1 saturated heterocycles. The average molecular weight is 425 g/mol. The zero-order chi connectivity index (χ0) is 21.6. The van der Waals surface area contributed by atoms with Gasteiger partial charge in [-0.15, -0.1) is 0 Å². The topological polar surface area (TPSA) is 105 Å². The Labute approximate surface area is 181 Å². The molecule has 5 fully saturated rings. The van der Waals surface area contributed by atoms with Gasteiger partial charge >= 0.3 is 12.1 Å². The first-order valence-electron chi connectivity index (χ1n) is 11.2. The molecule has 0 spiro atoms. The van der Waals surface area contributed by atoms with Gasteiger partial charge in [0, 0.05) is 25.3 Å². The van der Waals surface area contributed by atoms with Gasteiger partial charge in [0.15, 0.2) is 0 Å². The molecule has 2 heterocycles. The van der Waals surface area contributed by atoms with Crippen LogP contribution in [0.2, 0.25) is 0 Å². The van der Waals surface area contributed by atoms with Crippen molar-refractivity contribution in [1.29, 1.82) is 5.26 Å². The normalized spacial score (nSPS) is 35.5. The Balaban J connectivity index is 1.20. The van der Waals surface area contributed by atoms with Crippen LogP contribution in [0, 0.1) is 34.5 Å². The molecule has 8 nitrogen and oxygen atoms in total. The number of ether oxygens (including phenoxy) is 2. The predicted molar refractivity (Wildman–Crippen MR) is 111 cm³/mol. The second kappa shape index (κ2) is 7.70. The van der Waals surface area contributed by atoms with Crippen molar-refractivity contribution in [2.45, 2.75) is 50.7 Å². The van der Waals surface area contributed by atoms with Crippen molar-refractivity contribution < 1.29 is 19.1 Å². The number of carbonyl (C=O) groups is 2. The third-order valence-electron chi connectivity index (χ3n) is 7.76. The molecule has 1 aromatic rings. The molecule has 8 heteroatoms. The van der Waals surface area contributed by atoms with Crippen molar-refractivity contribution in [1.82, 2.24) is 9.88 Å². The van der Waals surface area contributed by atoms with Crippen LogP contribution in [0.15, 0.2) is 18.3 Å². The molecular formula is C23H28N4O4. The molecule has 1 amide bonds. The van der Waals surface area contributed by atoms with E-state index in [1.165, 1.54) is 7.11 Å². The third-order valence-corrected chi connectivity index (χ3v) is 7.76. The lowest BCUT2D eigenvalue weighted by atomic mass is 9.48. The lowest BCUT2D eigenvalue weighted by Crippen LogP contribution is -2.58. The summed E-state index contributed by atoms with van der Waals surface area (Å²) in [6, 6.07) is 5.64. The molecule has 164 valence electrons. The number of carbonyl (C=O) groups excluding carboxylic acids is 2. The number of nitrogens with zero attached hydrogens (tertiary/aromatic N) is 3. The maximum Gasteiger partial charge on any atom is 0.410 e. The van der Waals surface area contributed by atoms with Crippen molar-refractivity contribution in [2.24, 2.45) is 23.2 Å². The molecule has 31 heavy (non-hydrogen) atoms. The maximum atomic E-state index is 12.9. The van der Waals surface area contributed by atoms with E-state index >= 15 is 0 Å². The van der Waals surface area contributed by atoms with E-state index in [-0.39, 0.29) is 41.5 Å². The van der Waals surface area contributed by atoms with Crippen LogP contribution in [-0.4, -0.2) is 54.3 Å². The van der Waals surface area contributed by atoms with E-state index in [1.54, 1.807) is 23.2 Å². The quantitative estimate of drug-likeness (QED) is 0.741. The summed E-state index contributed by atoms with van der Waals surface area (Å²) >= 11 is 0. The highest BCUT2D eigenvalue weighted by Gasteiger charge is 2.60. The summed E-state index contributed by atoms with van der Waals surface area (Å²) in [5.41, 5.74) is 0.134. The number of anilines is 1. The van der Waals surface area contributed by atoms with Crippen LogP contribution in [0.25, 0.3) is 0 Å². The number of rotatable bonds is 4. The van der Waals surface area contributed by atoms with Crippen LogP contribution in [0.4, 0.5) is 10.6 Å². The molecule has 4 saturated carbocycles. The number of pyridine rings is 1. The van der Waals surface area contributed by atoms with Gasteiger partial charge in [0.25, 0.3) is 0 Å². The van der Waals surface area contributed by atoms with Crippen molar-refractivity contribution in [3.63, 3.8) is 0 Å². The van der Waals surface area contributed by atoms with Crippen LogP contribution < -0.4 is 5.32 Å². The van der Waals surface area contributed by atoms with Crippen molar-refractivity contribution in [3.8, 4) is 6.07 Å². The number of methoxy groups -OCH3 is 1. The van der Waals surface area contributed by atoms with Crippen LogP contribution in [0.5, 0.6) is 0 Å². The summed E-state index contributed by atoms with van der Waals surface area (Å²) in [6.45, 7) is 1.14. The number of hydrogen-bond donors (Lipinski definition) is 1. The number of nitriles is 1. The highest BCUT2D eigenvalue weighted by Crippen LogP contribution is 2.61. The second-order valence-electron chi connectivity index (χ2n) is 9.68. The molecule has 5 aliphatic rings. The fraction of sp³-hybridized carbons (Fsp3) is 0.652. The Morgan fingerprint density at radius 2 is 2.06 bits per heavy atom. The van der Waals surface area contributed by atoms with E-state index in [0.29, 0.717) is 30.4 Å². The fourth-order valence-electron chi connectivity index (χ4n) is 6.68. The minimum Gasteiger partial charge on any atom is -0.469 e. The highest BCUT2D eigenvalue weighted by atomic mass is 16.6. The van der Waals surface area contributed by atoms with E-state index in [2.05, 4.69) is 16.4 Å². The highest BCUT2D eigenvalue weighted by molar-refractivity contribution is 5.77. The molecule has 4 bridgehead atoms. The first kappa shape index (κ1) is 20.1. The summed E-state index contributed by atoms with van der Waals surface area (Å²) in [4.78, 5) is 31.4. The molecule has 1 aromatic heterocycles. The molecule has 3 atom stereocenters. The number of esters is 1. The van der Waals surface area contributed by atoms with Crippen LogP contribution in [-0.2, 0) is 14.3 Å². The molecule has 1 N–H and O–H groups in total. The molecule has 6 rings (SSSR count). The molecule has 0 radical (unpaired) electrons. The lowest BCUT2D eigenvalue weighted by Gasteiger charge is -2.57. The molecule has 1 aliphatic heterocycles. The van der Waals surface area contributed by atoms with Gasteiger partial charge in [0.05, 0.1) is 18.1 Å². The first-order valence-corrected chi connectivity index (χ1v) is 11.2. The Kier molecular flexibility index (Phi) is 4.99. The van der Waals surface area contributed by atoms with Crippen LogP contribution in [0.3, 0.4) is 0 Å². The van der Waals surface area contributed by atoms with Crippen LogP contribution in [0.1, 0.15) is 44.1 Å². The minimum atomic E-state index is -0.363. The Bertz CT molecular complexity index is 912. The van der Waals surface area contributed by atoms with Crippen LogP contribution >= 0.6 is 0 Å². The van der Waals surface area contributed by atoms with E-state index in [4.69, 9.17) is 9.47 Å². The zero-order valence-corrected chi connectivity index (χ0v) is 17.8. The van der Waals surface area contributed by atoms with Gasteiger partial charge in [-0.05, 0) is 68.4 Å². The minimum absolute atomic E-state index is 0.0376. The van der Waals surface area contributed by atoms with Crippen molar-refractivity contribution >= 4 is 17.9 Å². The molecule has 2 unspecified atom stereocenters. The van der Waals surface area contributed by atoms with Gasteiger partial charge in [-0.2, -0.15) is 5.26 Å². The Morgan fingerprint density at radius 1 is 1.29 bits per heavy atom. The molecular weight excluding hydrogens is 396 g/mol. The Hall–Kier alpha value is -2.82. The van der Waals surface area contributed by atoms with Crippen molar-refractivity contribution in [3.05, 3.63) is 23.9 Å². The van der Waals surface area contributed by atoms with E-state index in [0.717, 1.165) is 38.5 Å². The van der Waals surface area contributed by atoms with Crippen molar-refractivity contribution in [2.75, 3.05) is 25.5 Å². The summed E-state index contributed by atoms with van der Waals surface area (Å²) in [7, 11) is 1.47. The van der Waals surface area contributed by atoms with Gasteiger partial charge in [-0.3, -0.25) is 4.79 Å². The number of likely N-dealkylation sites (tertiary alicyclic amines) is 1. The monoisotopic (exact) mass is 424 g/mol. The predicted octanol–water partition coefficient (Wildman–Crippen LogP) is 2.94. The molecule has 4 aliphatic carbocycles. The van der Waals surface area contributed by atoms with E-state index in [9.17, 15) is 14.9 Å². The number of hydrogen-bond acceptors (Lipinski definition) is 7. The second-order valence-corrected chi connectivity index (χ2v) is 9.68. The first-order chi connectivity index (χ1) is 15.0. The largest absolute Gasteiger partial charge is 0.469 e. The summed E-state index contributed by atoms with van der Waals surface area (Å²) in [5, 5.41) is 12.5. The standard InChI is InChI=1S/C23H28N4O4/c1-30-21(28)23-9-14-7-16(10-23)19(17(8-14)11-23)31-22(29)27-6-4-18(13-27)26-20-15(12-24)3-2-5-25-20/h2-3,5,14,16-19H,4,6-11,13H2,1H3,(H,25,26)/t14?,16?,17?,18-,19?,23?/m1/s1. The summed E-state index contributed by atoms with van der Waals surface area (Å²) < 4.78 is 11.2. The van der Waals surface area contributed by atoms with Gasteiger partial charge in [-0.25, -0.2) is 9.78 Å². The SMILES string of the molecule is COC(=O)C12CC3CC(C1)C(OC(=O)N1CC[C@@H](Nc4ncccc4C#N)C1)C(C3)C2. The van der Waals surface area contributed by atoms with Gasteiger partial charge in [0.1, 0.15) is 18.0 Å². The average Bonchev–Trinajstić information content (AvgIpc) is 3.24. The summed E-state index contributed by atoms with van der Waals surface area (Å²) in [6.07, 6.45) is 6.59. The zero-order valence-electron chi connectivity index (χ0n) is 17.8. The number of amides is 1. The van der Waals surface area contributed by atoms with Gasteiger partial charge < -0.3 is 19.7 Å². The van der Waals surface area contributed by atoms with E-state index < -0.39 is 0 Å². The van der Waals surface area contributed by atoms with E-state index in [1.807, 2.05) is 0 Å². The smallest absolute Gasteiger partial charge is 0.410 e. The molecule has 0 aromatic carbocycles.